The molecule has 2 atom stereocenters. The third-order valence-electron chi connectivity index (χ3n) is 7.19. The zero-order valence-electron chi connectivity index (χ0n) is 28.1. The summed E-state index contributed by atoms with van der Waals surface area (Å²) in [6.07, 6.45) is 7.88. The van der Waals surface area contributed by atoms with Crippen molar-refractivity contribution in [3.8, 4) is 11.5 Å². The van der Waals surface area contributed by atoms with Crippen molar-refractivity contribution in [3.63, 3.8) is 0 Å². The Kier molecular flexibility index (Phi) is 10.7. The van der Waals surface area contributed by atoms with Crippen LogP contribution in [0.25, 0.3) is 0 Å². The van der Waals surface area contributed by atoms with E-state index in [0.717, 1.165) is 57.7 Å². The zero-order chi connectivity index (χ0) is 31.7. The van der Waals surface area contributed by atoms with Gasteiger partial charge in [0.05, 0.1) is 12.1 Å². The van der Waals surface area contributed by atoms with E-state index in [2.05, 4.69) is 107 Å². The van der Waals surface area contributed by atoms with Crippen LogP contribution < -0.4 is 0 Å². The number of aliphatic imine (C=N–C) groups is 2. The number of nitrogens with zero attached hydrogens (tertiary/aromatic N) is 2. The molecule has 1 saturated carbocycles. The highest BCUT2D eigenvalue weighted by Gasteiger charge is 2.27. The minimum absolute atomic E-state index is 0.0303. The van der Waals surface area contributed by atoms with Gasteiger partial charge in [-0.05, 0) is 47.9 Å². The van der Waals surface area contributed by atoms with E-state index in [4.69, 9.17) is 9.98 Å². The van der Waals surface area contributed by atoms with Gasteiger partial charge < -0.3 is 10.2 Å². The van der Waals surface area contributed by atoms with E-state index in [1.165, 1.54) is 0 Å². The van der Waals surface area contributed by atoms with Crippen molar-refractivity contribution in [2.45, 2.75) is 151 Å². The second kappa shape index (κ2) is 13.0. The first kappa shape index (κ1) is 34.6. The van der Waals surface area contributed by atoms with Crippen molar-refractivity contribution in [2.24, 2.45) is 9.98 Å². The van der Waals surface area contributed by atoms with Crippen molar-refractivity contribution in [1.82, 2.24) is 0 Å². The van der Waals surface area contributed by atoms with Gasteiger partial charge in [-0.2, -0.15) is 0 Å². The smallest absolute Gasteiger partial charge is 0.128 e. The fraction of sp³-hybridized carbons (Fsp3) is 0.611. The van der Waals surface area contributed by atoms with Crippen LogP contribution in [0.5, 0.6) is 11.5 Å². The average Bonchev–Trinajstić information content (AvgIpc) is 2.81. The average molecular weight is 611 g/mol. The Labute approximate surface area is 264 Å². The van der Waals surface area contributed by atoms with E-state index in [-0.39, 0.29) is 32.4 Å². The molecule has 1 fully saturated rings. The monoisotopic (exact) mass is 610 g/mol. The highest BCUT2D eigenvalue weighted by molar-refractivity contribution is 8.00. The van der Waals surface area contributed by atoms with Gasteiger partial charge in [0.2, 0.25) is 0 Å². The molecule has 4 nitrogen and oxygen atoms in total. The van der Waals surface area contributed by atoms with E-state index in [0.29, 0.717) is 11.5 Å². The normalized spacial score (nSPS) is 19.2. The number of phenols is 2. The lowest BCUT2D eigenvalue weighted by molar-refractivity contribution is 0.389. The van der Waals surface area contributed by atoms with E-state index in [1.807, 2.05) is 36.0 Å². The zero-order valence-corrected chi connectivity index (χ0v) is 29.7. The van der Waals surface area contributed by atoms with Gasteiger partial charge in [0.1, 0.15) is 11.5 Å². The van der Waals surface area contributed by atoms with Crippen LogP contribution in [-0.4, -0.2) is 44.2 Å². The molecule has 0 unspecified atom stereocenters. The fourth-order valence-electron chi connectivity index (χ4n) is 5.22. The second-order valence-corrected chi connectivity index (χ2v) is 19.5. The largest absolute Gasteiger partial charge is 0.507 e. The molecule has 3 rings (SSSR count). The molecular weight excluding hydrogens is 557 g/mol. The summed E-state index contributed by atoms with van der Waals surface area (Å²) in [7, 11) is 0. The summed E-state index contributed by atoms with van der Waals surface area (Å²) in [5.74, 6) is 0.626. The topological polar surface area (TPSA) is 65.2 Å². The number of thioether (sulfide) groups is 2. The van der Waals surface area contributed by atoms with Gasteiger partial charge >= 0.3 is 0 Å². The summed E-state index contributed by atoms with van der Waals surface area (Å²) in [6.45, 7) is 26.1. The lowest BCUT2D eigenvalue weighted by Crippen LogP contribution is -2.27. The Morgan fingerprint density at radius 1 is 0.595 bits per heavy atom. The van der Waals surface area contributed by atoms with Gasteiger partial charge in [-0.1, -0.05) is 95.9 Å². The Hall–Kier alpha value is -1.92. The number of hydrogen-bond donors (Lipinski definition) is 2. The van der Waals surface area contributed by atoms with Crippen molar-refractivity contribution < 1.29 is 10.2 Å². The van der Waals surface area contributed by atoms with Crippen LogP contribution in [0.1, 0.15) is 131 Å². The van der Waals surface area contributed by atoms with E-state index in [9.17, 15) is 10.2 Å². The third kappa shape index (κ3) is 9.80. The second-order valence-electron chi connectivity index (χ2n) is 15.7. The lowest BCUT2D eigenvalue weighted by Gasteiger charge is -2.27. The van der Waals surface area contributed by atoms with Crippen LogP contribution in [0.2, 0.25) is 0 Å². The van der Waals surface area contributed by atoms with Crippen molar-refractivity contribution in [1.29, 1.82) is 0 Å². The van der Waals surface area contributed by atoms with E-state index in [1.54, 1.807) is 0 Å². The molecule has 0 aromatic heterocycles. The van der Waals surface area contributed by atoms with Crippen LogP contribution in [0.15, 0.2) is 44.0 Å². The number of aromatic hydroxyl groups is 2. The molecule has 232 valence electrons. The first-order valence-corrected chi connectivity index (χ1v) is 17.0. The van der Waals surface area contributed by atoms with Crippen LogP contribution in [0.4, 0.5) is 0 Å². The van der Waals surface area contributed by atoms with Gasteiger partial charge in [-0.25, -0.2) is 0 Å². The Morgan fingerprint density at radius 3 is 1.21 bits per heavy atom. The third-order valence-corrected chi connectivity index (χ3v) is 9.36. The molecule has 0 bridgehead atoms. The molecule has 6 heteroatoms. The Bertz CT molecular complexity index is 1200. The van der Waals surface area contributed by atoms with E-state index < -0.39 is 0 Å². The molecule has 0 spiro atoms. The van der Waals surface area contributed by atoms with Gasteiger partial charge in [0.25, 0.3) is 0 Å². The molecule has 0 saturated heterocycles. The molecule has 42 heavy (non-hydrogen) atoms. The SMILES string of the molecule is CC(C)(C)Sc1cc(C=N[C@H]2CCCC[C@@H]2N=Cc2cc(SC(C)(C)C)cc(C(C)(C)C)c2O)c(O)c(C(C)(C)C)c1. The first-order valence-electron chi connectivity index (χ1n) is 15.3. The van der Waals surface area contributed by atoms with Crippen LogP contribution in [-0.2, 0) is 10.8 Å². The van der Waals surface area contributed by atoms with Gasteiger partial charge in [-0.15, -0.1) is 23.5 Å². The maximum atomic E-state index is 11.3. The highest BCUT2D eigenvalue weighted by Crippen LogP contribution is 2.41. The number of hydrogen-bond acceptors (Lipinski definition) is 6. The molecule has 0 amide bonds. The summed E-state index contributed by atoms with van der Waals surface area (Å²) in [5, 5.41) is 22.5. The highest BCUT2D eigenvalue weighted by atomic mass is 32.2. The quantitative estimate of drug-likeness (QED) is 0.252. The molecule has 2 aromatic carbocycles. The maximum Gasteiger partial charge on any atom is 0.128 e. The summed E-state index contributed by atoms with van der Waals surface area (Å²) in [5.41, 5.74) is 3.03. The van der Waals surface area contributed by atoms with Crippen molar-refractivity contribution >= 4 is 36.0 Å². The summed E-state index contributed by atoms with van der Waals surface area (Å²) >= 11 is 3.62. The molecule has 1 aliphatic carbocycles. The number of phenolic OH excluding ortho intramolecular Hbond substituents is 2. The van der Waals surface area contributed by atoms with Crippen LogP contribution in [0, 0.1) is 0 Å². The summed E-state index contributed by atoms with van der Waals surface area (Å²) < 4.78 is 0.121. The van der Waals surface area contributed by atoms with E-state index >= 15 is 0 Å². The van der Waals surface area contributed by atoms with Crippen LogP contribution in [0.3, 0.4) is 0 Å². The lowest BCUT2D eigenvalue weighted by atomic mass is 9.85. The summed E-state index contributed by atoms with van der Waals surface area (Å²) in [4.78, 5) is 12.4. The first-order chi connectivity index (χ1) is 19.1. The molecule has 0 heterocycles. The molecule has 1 aliphatic rings. The molecule has 2 N–H and O–H groups in total. The molecule has 0 aliphatic heterocycles. The standard InChI is InChI=1S/C36H54N2O2S2/c1-33(2,3)27-19-25(41-35(7,8)9)17-23(31(27)39)21-37-29-15-13-14-16-30(29)38-22-24-18-26(42-36(10,11)12)20-28(32(24)40)34(4,5)6/h17-22,29-30,39-40H,13-16H2,1-12H3/t29-,30-/m0/s1. The Balaban J connectivity index is 1.97. The predicted molar refractivity (Wildman–Crippen MR) is 186 cm³/mol. The Morgan fingerprint density at radius 2 is 0.929 bits per heavy atom. The van der Waals surface area contributed by atoms with Gasteiger partial charge in [0.15, 0.2) is 0 Å². The molecule has 2 aromatic rings. The summed E-state index contributed by atoms with van der Waals surface area (Å²) in [6, 6.07) is 8.44. The number of benzene rings is 2. The van der Waals surface area contributed by atoms with Gasteiger partial charge in [0, 0.05) is 54.0 Å². The maximum absolute atomic E-state index is 11.3. The molecule has 0 radical (unpaired) electrons. The fourth-order valence-corrected chi connectivity index (χ4v) is 7.36. The minimum atomic E-state index is -0.188. The van der Waals surface area contributed by atoms with Gasteiger partial charge in [-0.3, -0.25) is 9.98 Å². The minimum Gasteiger partial charge on any atom is -0.507 e. The van der Waals surface area contributed by atoms with Crippen molar-refractivity contribution in [2.75, 3.05) is 0 Å². The van der Waals surface area contributed by atoms with Crippen LogP contribution >= 0.6 is 23.5 Å². The molecular formula is C36H54N2O2S2. The predicted octanol–water partition coefficient (Wildman–Crippen LogP) is 10.3. The number of rotatable bonds is 6. The van der Waals surface area contributed by atoms with Crippen molar-refractivity contribution in [3.05, 3.63) is 46.5 Å².